The molecule has 3 aromatic carbocycles. The number of hydrogen-bond acceptors (Lipinski definition) is 9. The van der Waals surface area contributed by atoms with E-state index in [2.05, 4.69) is 0 Å². The van der Waals surface area contributed by atoms with Crippen LogP contribution in [0.15, 0.2) is 91.0 Å². The molecule has 3 aromatic rings. The smallest absolute Gasteiger partial charge is 0.338 e. The molecule has 0 amide bonds. The molecule has 9 heteroatoms. The van der Waals surface area contributed by atoms with Crippen molar-refractivity contribution in [1.82, 2.24) is 0 Å². The highest BCUT2D eigenvalue weighted by molar-refractivity contribution is 5.90. The van der Waals surface area contributed by atoms with Crippen molar-refractivity contribution in [3.63, 3.8) is 0 Å². The number of carbonyl (C=O) groups excluding carboxylic acids is 3. The molecule has 5 atom stereocenters. The molecule has 1 aliphatic rings. The first-order valence-electron chi connectivity index (χ1n) is 11.2. The quantitative estimate of drug-likeness (QED) is 0.377. The number of rotatable bonds is 7. The molecule has 0 radical (unpaired) electrons. The summed E-state index contributed by atoms with van der Waals surface area (Å²) in [6.07, 6.45) is -7.72. The van der Waals surface area contributed by atoms with E-state index in [1.165, 1.54) is 24.3 Å². The molecule has 0 aliphatic carbocycles. The molecule has 1 saturated heterocycles. The van der Waals surface area contributed by atoms with E-state index in [9.17, 15) is 24.6 Å². The van der Waals surface area contributed by atoms with Crippen molar-refractivity contribution in [3.05, 3.63) is 108 Å². The predicted molar refractivity (Wildman–Crippen MR) is 125 cm³/mol. The molecular weight excluding hydrogens is 468 g/mol. The maximum atomic E-state index is 12.7. The average Bonchev–Trinajstić information content (AvgIpc) is 2.92. The average molecular weight is 492 g/mol. The third kappa shape index (κ3) is 5.95. The third-order valence-corrected chi connectivity index (χ3v) is 5.53. The first-order valence-corrected chi connectivity index (χ1v) is 11.2. The molecule has 0 unspecified atom stereocenters. The summed E-state index contributed by atoms with van der Waals surface area (Å²) in [6, 6.07) is 24.1. The minimum atomic E-state index is -1.78. The van der Waals surface area contributed by atoms with Crippen LogP contribution in [-0.4, -0.2) is 65.4 Å². The standard InChI is InChI=1S/C27H24O9/c28-21-20(16-33-24(29)17-10-4-1-5-11-17)34-27(32)23(36-26(31)19-14-8-3-9-15-19)22(21)35-25(30)18-12-6-2-7-13-18/h1-15,20-23,27-28,32H,16H2/t20-,21-,22-,23+,27+/m1/s1. The zero-order valence-corrected chi connectivity index (χ0v) is 19.0. The largest absolute Gasteiger partial charge is 0.459 e. The van der Waals surface area contributed by atoms with Crippen molar-refractivity contribution < 1.29 is 43.5 Å². The molecule has 0 bridgehead atoms. The summed E-state index contributed by atoms with van der Waals surface area (Å²) >= 11 is 0. The Kier molecular flexibility index (Phi) is 8.06. The fourth-order valence-corrected chi connectivity index (χ4v) is 3.65. The molecule has 9 nitrogen and oxygen atoms in total. The van der Waals surface area contributed by atoms with Crippen LogP contribution >= 0.6 is 0 Å². The highest BCUT2D eigenvalue weighted by atomic mass is 16.7. The van der Waals surface area contributed by atoms with Crippen molar-refractivity contribution in [2.75, 3.05) is 6.61 Å². The Balaban J connectivity index is 1.52. The molecular formula is C27H24O9. The Morgan fingerprint density at radius 3 is 1.53 bits per heavy atom. The van der Waals surface area contributed by atoms with Crippen LogP contribution in [0.1, 0.15) is 31.1 Å². The lowest BCUT2D eigenvalue weighted by molar-refractivity contribution is -0.284. The van der Waals surface area contributed by atoms with Crippen LogP contribution in [-0.2, 0) is 18.9 Å². The third-order valence-electron chi connectivity index (χ3n) is 5.53. The lowest BCUT2D eigenvalue weighted by Crippen LogP contribution is -2.61. The van der Waals surface area contributed by atoms with Crippen LogP contribution in [0.4, 0.5) is 0 Å². The monoisotopic (exact) mass is 492 g/mol. The van der Waals surface area contributed by atoms with Crippen molar-refractivity contribution in [2.24, 2.45) is 0 Å². The zero-order valence-electron chi connectivity index (χ0n) is 19.0. The van der Waals surface area contributed by atoms with E-state index < -0.39 is 55.2 Å². The van der Waals surface area contributed by atoms with Gasteiger partial charge in [-0.15, -0.1) is 0 Å². The first kappa shape index (κ1) is 25.1. The van der Waals surface area contributed by atoms with E-state index in [4.69, 9.17) is 18.9 Å². The van der Waals surface area contributed by atoms with Gasteiger partial charge in [-0.1, -0.05) is 54.6 Å². The van der Waals surface area contributed by atoms with Crippen molar-refractivity contribution >= 4 is 17.9 Å². The molecule has 4 rings (SSSR count). The Hall–Kier alpha value is -4.05. The number of benzene rings is 3. The van der Waals surface area contributed by atoms with Gasteiger partial charge in [-0.2, -0.15) is 0 Å². The van der Waals surface area contributed by atoms with E-state index in [0.29, 0.717) is 0 Å². The number of carbonyl (C=O) groups is 3. The van der Waals surface area contributed by atoms with Crippen LogP contribution in [0.2, 0.25) is 0 Å². The van der Waals surface area contributed by atoms with Crippen LogP contribution in [0, 0.1) is 0 Å². The van der Waals surface area contributed by atoms with Gasteiger partial charge in [0.15, 0.2) is 18.5 Å². The molecule has 36 heavy (non-hydrogen) atoms. The Morgan fingerprint density at radius 1 is 0.639 bits per heavy atom. The second-order valence-corrected chi connectivity index (χ2v) is 7.99. The molecule has 0 spiro atoms. The van der Waals surface area contributed by atoms with Gasteiger partial charge >= 0.3 is 17.9 Å². The number of aliphatic hydroxyl groups is 2. The number of hydrogen-bond donors (Lipinski definition) is 2. The maximum absolute atomic E-state index is 12.7. The van der Waals surface area contributed by atoms with E-state index in [1.54, 1.807) is 66.7 Å². The first-order chi connectivity index (χ1) is 17.4. The SMILES string of the molecule is O=C(OC[C@H]1O[C@H](O)[C@@H](OC(=O)c2ccccc2)[C@H](OC(=O)c2ccccc2)[C@@H]1O)c1ccccc1. The van der Waals surface area contributed by atoms with Crippen molar-refractivity contribution in [3.8, 4) is 0 Å². The fourth-order valence-electron chi connectivity index (χ4n) is 3.65. The van der Waals surface area contributed by atoms with Crippen LogP contribution in [0.3, 0.4) is 0 Å². The molecule has 2 N–H and O–H groups in total. The summed E-state index contributed by atoms with van der Waals surface area (Å²) in [6.45, 7) is -0.454. The number of aliphatic hydroxyl groups excluding tert-OH is 2. The molecule has 1 fully saturated rings. The Bertz CT molecular complexity index is 1170. The minimum absolute atomic E-state index is 0.186. The van der Waals surface area contributed by atoms with Gasteiger partial charge in [0, 0.05) is 0 Å². The maximum Gasteiger partial charge on any atom is 0.338 e. The second kappa shape index (κ2) is 11.6. The summed E-state index contributed by atoms with van der Waals surface area (Å²) in [5.41, 5.74) is 0.655. The number of ether oxygens (including phenoxy) is 4. The summed E-state index contributed by atoms with van der Waals surface area (Å²) in [7, 11) is 0. The van der Waals surface area contributed by atoms with E-state index >= 15 is 0 Å². The van der Waals surface area contributed by atoms with Gasteiger partial charge in [-0.3, -0.25) is 0 Å². The molecule has 0 saturated carbocycles. The van der Waals surface area contributed by atoms with Crippen LogP contribution in [0.25, 0.3) is 0 Å². The van der Waals surface area contributed by atoms with Gasteiger partial charge in [0.05, 0.1) is 16.7 Å². The van der Waals surface area contributed by atoms with Crippen LogP contribution in [0.5, 0.6) is 0 Å². The number of esters is 3. The Labute approximate surface area is 206 Å². The minimum Gasteiger partial charge on any atom is -0.459 e. The van der Waals surface area contributed by atoms with Gasteiger partial charge in [-0.25, -0.2) is 14.4 Å². The van der Waals surface area contributed by atoms with Crippen LogP contribution < -0.4 is 0 Å². The van der Waals surface area contributed by atoms with Gasteiger partial charge < -0.3 is 29.2 Å². The highest BCUT2D eigenvalue weighted by Crippen LogP contribution is 2.27. The summed E-state index contributed by atoms with van der Waals surface area (Å²) in [4.78, 5) is 37.7. The summed E-state index contributed by atoms with van der Waals surface area (Å²) in [5, 5.41) is 21.6. The summed E-state index contributed by atoms with van der Waals surface area (Å²) in [5.74, 6) is -2.30. The predicted octanol–water partition coefficient (Wildman–Crippen LogP) is 2.37. The Morgan fingerprint density at radius 2 is 1.06 bits per heavy atom. The highest BCUT2D eigenvalue weighted by Gasteiger charge is 2.50. The van der Waals surface area contributed by atoms with E-state index in [-0.39, 0.29) is 16.7 Å². The molecule has 1 heterocycles. The van der Waals surface area contributed by atoms with Crippen molar-refractivity contribution in [1.29, 1.82) is 0 Å². The van der Waals surface area contributed by atoms with Gasteiger partial charge in [0.1, 0.15) is 18.8 Å². The van der Waals surface area contributed by atoms with Gasteiger partial charge in [-0.05, 0) is 36.4 Å². The normalized spacial score (nSPS) is 23.3. The molecule has 186 valence electrons. The lowest BCUT2D eigenvalue weighted by atomic mass is 9.98. The van der Waals surface area contributed by atoms with Gasteiger partial charge in [0.25, 0.3) is 0 Å². The second-order valence-electron chi connectivity index (χ2n) is 7.99. The lowest BCUT2D eigenvalue weighted by Gasteiger charge is -2.41. The van der Waals surface area contributed by atoms with E-state index in [0.717, 1.165) is 0 Å². The molecule has 1 aliphatic heterocycles. The topological polar surface area (TPSA) is 129 Å². The zero-order chi connectivity index (χ0) is 25.5. The van der Waals surface area contributed by atoms with Crippen molar-refractivity contribution in [2.45, 2.75) is 30.7 Å². The molecule has 0 aromatic heterocycles. The van der Waals surface area contributed by atoms with Gasteiger partial charge in [0.2, 0.25) is 0 Å². The summed E-state index contributed by atoms with van der Waals surface area (Å²) < 4.78 is 21.5. The fraction of sp³-hybridized carbons (Fsp3) is 0.222. The van der Waals surface area contributed by atoms with E-state index in [1.807, 2.05) is 0 Å².